The van der Waals surface area contributed by atoms with Gasteiger partial charge in [0.05, 0.1) is 22.0 Å². The van der Waals surface area contributed by atoms with E-state index in [0.29, 0.717) is 16.5 Å². The molecule has 184 valence electrons. The van der Waals surface area contributed by atoms with Crippen LogP contribution in [0.4, 0.5) is 13.2 Å². The molecule has 0 bridgehead atoms. The minimum absolute atomic E-state index is 0. The molecule has 12 heteroatoms. The van der Waals surface area contributed by atoms with Gasteiger partial charge in [0, 0.05) is 6.10 Å². The Hall–Kier alpha value is -2.62. The van der Waals surface area contributed by atoms with Gasteiger partial charge in [-0.2, -0.15) is 13.2 Å². The molecule has 0 spiro atoms. The van der Waals surface area contributed by atoms with Crippen LogP contribution in [-0.4, -0.2) is 15.2 Å². The molecule has 0 saturated carbocycles. The second-order valence-electron chi connectivity index (χ2n) is 6.86. The van der Waals surface area contributed by atoms with Crippen molar-refractivity contribution in [2.75, 3.05) is 0 Å². The zero-order valence-electron chi connectivity index (χ0n) is 18.0. The van der Waals surface area contributed by atoms with Gasteiger partial charge in [0.15, 0.2) is 0 Å². The number of nitrogens with zero attached hydrogens (tertiary/aromatic N) is 2. The molecular weight excluding hydrogens is 496 g/mol. The molecule has 1 heterocycles. The van der Waals surface area contributed by atoms with E-state index in [9.17, 15) is 13.2 Å². The van der Waals surface area contributed by atoms with Crippen molar-refractivity contribution in [2.24, 2.45) is 0 Å². The Morgan fingerprint density at radius 1 is 1.03 bits per heavy atom. The number of hydrogen-bond donors (Lipinski definition) is 1. The van der Waals surface area contributed by atoms with Gasteiger partial charge in [0.25, 0.3) is 0 Å². The Morgan fingerprint density at radius 3 is 2.06 bits per heavy atom. The van der Waals surface area contributed by atoms with E-state index >= 15 is 0 Å². The van der Waals surface area contributed by atoms with Crippen molar-refractivity contribution < 1.29 is 38.7 Å². The lowest BCUT2D eigenvalue weighted by molar-refractivity contribution is -0.244. The third-order valence-corrected chi connectivity index (χ3v) is 5.12. The van der Waals surface area contributed by atoms with Gasteiger partial charge in [0.1, 0.15) is 17.8 Å². The van der Waals surface area contributed by atoms with Crippen LogP contribution in [0.15, 0.2) is 54.9 Å². The lowest BCUT2D eigenvalue weighted by atomic mass is 10.1. The van der Waals surface area contributed by atoms with Crippen molar-refractivity contribution in [3.05, 3.63) is 82.4 Å². The van der Waals surface area contributed by atoms with E-state index in [2.05, 4.69) is 14.6 Å². The summed E-state index contributed by atoms with van der Waals surface area (Å²) in [6.45, 7) is 2.01. The topological polar surface area (TPSA) is 105 Å². The average Bonchev–Trinajstić information content (AvgIpc) is 2.81. The molecule has 1 aromatic heterocycles. The van der Waals surface area contributed by atoms with Crippen LogP contribution in [-0.2, 0) is 34.7 Å². The number of halogens is 4. The highest BCUT2D eigenvalue weighted by Gasteiger charge is 2.30. The molecule has 0 radical (unpaired) electrons. The number of aromatic nitrogens is 2. The van der Waals surface area contributed by atoms with Crippen LogP contribution in [0.2, 0.25) is 5.02 Å². The predicted octanol–water partition coefficient (Wildman–Crippen LogP) is 6.42. The first kappa shape index (κ1) is 27.6. The van der Waals surface area contributed by atoms with Crippen molar-refractivity contribution >= 4 is 19.9 Å². The van der Waals surface area contributed by atoms with Crippen LogP contribution in [0, 0.1) is 0 Å². The minimum Gasteiger partial charge on any atom is -0.565 e. The average molecular weight is 519 g/mol. The van der Waals surface area contributed by atoms with Gasteiger partial charge < -0.3 is 9.63 Å². The summed E-state index contributed by atoms with van der Waals surface area (Å²) in [5, 5.41) is 7.70. The standard InChI is InChI=1S/C22H20ClF3N2O.HO4P.H2/c1-2-19-21(23)20(28-14-27-19)5-3-4-15-6-10-17(11-7-15)29-18-12-8-16(9-13-18)22(24,25)26;1-4-5(2)3;/h6-14H,2-5H2,1H3;1H;1H. The molecule has 1 unspecified atom stereocenters. The molecule has 1 N–H and O–H groups in total. The number of ether oxygens (including phenoxy) is 1. The summed E-state index contributed by atoms with van der Waals surface area (Å²) in [6, 6.07) is 12.1. The van der Waals surface area contributed by atoms with Gasteiger partial charge in [0.2, 0.25) is 0 Å². The largest absolute Gasteiger partial charge is 0.565 e. The lowest BCUT2D eigenvalue weighted by Gasteiger charge is -2.10. The maximum atomic E-state index is 12.6. The van der Waals surface area contributed by atoms with E-state index in [4.69, 9.17) is 31.1 Å². The smallest absolute Gasteiger partial charge is 0.521 e. The lowest BCUT2D eigenvalue weighted by Crippen LogP contribution is -2.03. The number of rotatable bonds is 8. The fourth-order valence-electron chi connectivity index (χ4n) is 2.90. The quantitative estimate of drug-likeness (QED) is 0.208. The summed E-state index contributed by atoms with van der Waals surface area (Å²) in [5.74, 6) is 0.927. The number of alkyl halides is 3. The van der Waals surface area contributed by atoms with E-state index in [1.165, 1.54) is 12.1 Å². The molecule has 0 fully saturated rings. The molecule has 1 atom stereocenters. The molecule has 3 aromatic rings. The fourth-order valence-corrected chi connectivity index (χ4v) is 3.23. The van der Waals surface area contributed by atoms with Crippen LogP contribution in [0.3, 0.4) is 0 Å². The first-order valence-corrected chi connectivity index (χ1v) is 11.5. The van der Waals surface area contributed by atoms with Crippen LogP contribution in [0.1, 0.15) is 37.3 Å². The second-order valence-corrected chi connectivity index (χ2v) is 7.85. The van der Waals surface area contributed by atoms with Crippen molar-refractivity contribution in [3.8, 4) is 11.5 Å². The maximum Gasteiger partial charge on any atom is 0.521 e. The molecule has 7 nitrogen and oxygen atoms in total. The molecule has 34 heavy (non-hydrogen) atoms. The van der Waals surface area contributed by atoms with Crippen molar-refractivity contribution in [1.29, 1.82) is 0 Å². The third-order valence-electron chi connectivity index (χ3n) is 4.56. The van der Waals surface area contributed by atoms with Crippen LogP contribution in [0.25, 0.3) is 0 Å². The van der Waals surface area contributed by atoms with Crippen molar-refractivity contribution in [2.45, 2.75) is 38.8 Å². The molecule has 0 amide bonds. The van der Waals surface area contributed by atoms with E-state index < -0.39 is 20.0 Å². The van der Waals surface area contributed by atoms with E-state index in [1.54, 1.807) is 18.5 Å². The highest BCUT2D eigenvalue weighted by atomic mass is 35.5. The fraction of sp³-hybridized carbons (Fsp3) is 0.273. The molecule has 2 aromatic carbocycles. The normalized spacial score (nSPS) is 11.4. The Bertz CT molecular complexity index is 1070. The first-order chi connectivity index (χ1) is 16.1. The van der Waals surface area contributed by atoms with Gasteiger partial charge >= 0.3 is 14.4 Å². The molecule has 3 rings (SSSR count). The Kier molecular flexibility index (Phi) is 10.8. The zero-order valence-corrected chi connectivity index (χ0v) is 19.6. The minimum atomic E-state index is -4.35. The van der Waals surface area contributed by atoms with Crippen LogP contribution < -0.4 is 9.63 Å². The van der Waals surface area contributed by atoms with Crippen LogP contribution in [0.5, 0.6) is 11.5 Å². The Balaban J connectivity index is 0.000000927. The zero-order chi connectivity index (χ0) is 25.1. The third kappa shape index (κ3) is 8.96. The number of hydrogen-bond acceptors (Lipinski definition) is 7. The van der Waals surface area contributed by atoms with Gasteiger partial charge in [-0.25, -0.2) is 15.2 Å². The summed E-state index contributed by atoms with van der Waals surface area (Å²) in [4.78, 5) is 17.4. The van der Waals surface area contributed by atoms with Gasteiger partial charge in [-0.1, -0.05) is 30.7 Å². The Labute approximate surface area is 201 Å². The van der Waals surface area contributed by atoms with E-state index in [-0.39, 0.29) is 1.43 Å². The van der Waals surface area contributed by atoms with E-state index in [1.807, 2.05) is 19.1 Å². The monoisotopic (exact) mass is 518 g/mol. The van der Waals surface area contributed by atoms with Gasteiger partial charge in [-0.15, -0.1) is 0 Å². The van der Waals surface area contributed by atoms with Gasteiger partial charge in [-0.3, -0.25) is 0 Å². The molecule has 0 aliphatic rings. The maximum absolute atomic E-state index is 12.6. The molecular formula is C22H23ClF3N2O5P. The van der Waals surface area contributed by atoms with Crippen LogP contribution >= 0.6 is 19.9 Å². The molecule has 0 aliphatic heterocycles. The SMILES string of the molecule is CCc1ncnc(CCCc2ccc(Oc3ccc(C(F)(F)F)cc3)cc2)c1Cl.O=[P+]([O-])OO.[HH]. The summed E-state index contributed by atoms with van der Waals surface area (Å²) in [6.07, 6.45) is 0.468. The predicted molar refractivity (Wildman–Crippen MR) is 120 cm³/mol. The van der Waals surface area contributed by atoms with Crippen molar-refractivity contribution in [1.82, 2.24) is 9.97 Å². The highest BCUT2D eigenvalue weighted by Crippen LogP contribution is 2.31. The summed E-state index contributed by atoms with van der Waals surface area (Å²) >= 11 is 6.32. The summed E-state index contributed by atoms with van der Waals surface area (Å²) in [7, 11) is -3.04. The summed E-state index contributed by atoms with van der Waals surface area (Å²) < 4.78 is 55.1. The first-order valence-electron chi connectivity index (χ1n) is 10.0. The highest BCUT2D eigenvalue weighted by molar-refractivity contribution is 7.30. The second kappa shape index (κ2) is 13.3. The number of aryl methyl sites for hydroxylation is 3. The van der Waals surface area contributed by atoms with E-state index in [0.717, 1.165) is 54.8 Å². The van der Waals surface area contributed by atoms with Crippen molar-refractivity contribution in [3.63, 3.8) is 0 Å². The number of benzene rings is 2. The Morgan fingerprint density at radius 2 is 1.56 bits per heavy atom. The molecule has 0 aliphatic carbocycles. The molecule has 0 saturated heterocycles. The summed E-state index contributed by atoms with van der Waals surface area (Å²) in [5.41, 5.74) is 2.16. The van der Waals surface area contributed by atoms with Gasteiger partial charge in [-0.05, 0) is 72.2 Å².